The number of para-hydroxylation sites is 2. The SMILES string of the molecule is CCOc1ccccc1OCC(=O)Oc1ccc(-c2ccccc2)cc1. The average molecular weight is 348 g/mol. The lowest BCUT2D eigenvalue weighted by molar-refractivity contribution is -0.136. The second-order valence-corrected chi connectivity index (χ2v) is 5.53. The Morgan fingerprint density at radius 3 is 1.96 bits per heavy atom. The summed E-state index contributed by atoms with van der Waals surface area (Å²) in [7, 11) is 0. The van der Waals surface area contributed by atoms with Crippen LogP contribution in [0.25, 0.3) is 11.1 Å². The molecule has 0 saturated carbocycles. The standard InChI is InChI=1S/C22H20O4/c1-2-24-20-10-6-7-11-21(20)25-16-22(23)26-19-14-12-18(13-15-19)17-8-4-3-5-9-17/h3-15H,2,16H2,1H3. The van der Waals surface area contributed by atoms with E-state index in [-0.39, 0.29) is 6.61 Å². The quantitative estimate of drug-likeness (QED) is 0.457. The maximum atomic E-state index is 12.0. The molecule has 3 aromatic rings. The van der Waals surface area contributed by atoms with Gasteiger partial charge in [-0.1, -0.05) is 54.6 Å². The van der Waals surface area contributed by atoms with Crippen molar-refractivity contribution in [2.24, 2.45) is 0 Å². The smallest absolute Gasteiger partial charge is 0.349 e. The van der Waals surface area contributed by atoms with Crippen molar-refractivity contribution >= 4 is 5.97 Å². The molecule has 132 valence electrons. The monoisotopic (exact) mass is 348 g/mol. The highest BCUT2D eigenvalue weighted by Gasteiger charge is 2.09. The number of hydrogen-bond acceptors (Lipinski definition) is 4. The van der Waals surface area contributed by atoms with Crippen molar-refractivity contribution in [3.63, 3.8) is 0 Å². The van der Waals surface area contributed by atoms with Gasteiger partial charge in [-0.05, 0) is 42.3 Å². The van der Waals surface area contributed by atoms with Crippen molar-refractivity contribution < 1.29 is 19.0 Å². The van der Waals surface area contributed by atoms with Crippen LogP contribution in [-0.2, 0) is 4.79 Å². The summed E-state index contributed by atoms with van der Waals surface area (Å²) in [6.45, 7) is 2.23. The second-order valence-electron chi connectivity index (χ2n) is 5.53. The first-order valence-corrected chi connectivity index (χ1v) is 8.47. The van der Waals surface area contributed by atoms with E-state index in [1.807, 2.05) is 61.5 Å². The molecule has 0 unspecified atom stereocenters. The van der Waals surface area contributed by atoms with Crippen molar-refractivity contribution in [1.29, 1.82) is 0 Å². The Kier molecular flexibility index (Phi) is 5.88. The molecule has 4 nitrogen and oxygen atoms in total. The highest BCUT2D eigenvalue weighted by Crippen LogP contribution is 2.26. The van der Waals surface area contributed by atoms with Crippen molar-refractivity contribution in [3.05, 3.63) is 78.9 Å². The van der Waals surface area contributed by atoms with Gasteiger partial charge in [0.1, 0.15) is 5.75 Å². The van der Waals surface area contributed by atoms with E-state index < -0.39 is 5.97 Å². The van der Waals surface area contributed by atoms with Gasteiger partial charge >= 0.3 is 5.97 Å². The largest absolute Gasteiger partial charge is 0.490 e. The van der Waals surface area contributed by atoms with Gasteiger partial charge in [-0.25, -0.2) is 4.79 Å². The lowest BCUT2D eigenvalue weighted by Gasteiger charge is -2.11. The molecule has 26 heavy (non-hydrogen) atoms. The molecule has 0 aliphatic rings. The van der Waals surface area contributed by atoms with Crippen LogP contribution in [0.1, 0.15) is 6.92 Å². The van der Waals surface area contributed by atoms with Gasteiger partial charge < -0.3 is 14.2 Å². The highest BCUT2D eigenvalue weighted by molar-refractivity contribution is 5.74. The van der Waals surface area contributed by atoms with Crippen LogP contribution in [0.4, 0.5) is 0 Å². The first-order chi connectivity index (χ1) is 12.8. The van der Waals surface area contributed by atoms with Gasteiger partial charge in [0, 0.05) is 0 Å². The van der Waals surface area contributed by atoms with Gasteiger partial charge in [0.05, 0.1) is 6.61 Å². The van der Waals surface area contributed by atoms with E-state index in [1.54, 1.807) is 24.3 Å². The summed E-state index contributed by atoms with van der Waals surface area (Å²) in [5, 5.41) is 0. The Hall–Kier alpha value is -3.27. The number of benzene rings is 3. The molecule has 0 radical (unpaired) electrons. The molecule has 0 heterocycles. The van der Waals surface area contributed by atoms with E-state index in [2.05, 4.69) is 0 Å². The minimum atomic E-state index is -0.469. The Balaban J connectivity index is 1.57. The molecule has 0 atom stereocenters. The lowest BCUT2D eigenvalue weighted by Crippen LogP contribution is -2.18. The van der Waals surface area contributed by atoms with E-state index in [4.69, 9.17) is 14.2 Å². The summed E-state index contributed by atoms with van der Waals surface area (Å²) < 4.78 is 16.3. The lowest BCUT2D eigenvalue weighted by atomic mass is 10.1. The van der Waals surface area contributed by atoms with Gasteiger partial charge in [-0.2, -0.15) is 0 Å². The topological polar surface area (TPSA) is 44.8 Å². The summed E-state index contributed by atoms with van der Waals surface area (Å²) >= 11 is 0. The predicted octanol–water partition coefficient (Wildman–Crippen LogP) is 4.74. The summed E-state index contributed by atoms with van der Waals surface area (Å²) in [6, 6.07) is 24.6. The van der Waals surface area contributed by atoms with Crippen LogP contribution in [0.15, 0.2) is 78.9 Å². The first kappa shape index (κ1) is 17.5. The minimum Gasteiger partial charge on any atom is -0.490 e. The maximum Gasteiger partial charge on any atom is 0.349 e. The molecule has 0 bridgehead atoms. The molecular weight excluding hydrogens is 328 g/mol. The Morgan fingerprint density at radius 2 is 1.31 bits per heavy atom. The van der Waals surface area contributed by atoms with Gasteiger partial charge in [0.2, 0.25) is 0 Å². The third-order valence-electron chi connectivity index (χ3n) is 3.69. The molecule has 0 spiro atoms. The van der Waals surface area contributed by atoms with Gasteiger partial charge in [0.25, 0.3) is 0 Å². The Morgan fingerprint density at radius 1 is 0.731 bits per heavy atom. The van der Waals surface area contributed by atoms with Crippen molar-refractivity contribution in [2.75, 3.05) is 13.2 Å². The molecule has 0 aliphatic carbocycles. The van der Waals surface area contributed by atoms with Crippen LogP contribution in [0.2, 0.25) is 0 Å². The fourth-order valence-electron chi connectivity index (χ4n) is 2.49. The van der Waals surface area contributed by atoms with Crippen LogP contribution in [-0.4, -0.2) is 19.2 Å². The van der Waals surface area contributed by atoms with Crippen LogP contribution in [0.3, 0.4) is 0 Å². The Labute approximate surface area is 153 Å². The fourth-order valence-corrected chi connectivity index (χ4v) is 2.49. The minimum absolute atomic E-state index is 0.190. The average Bonchev–Trinajstić information content (AvgIpc) is 2.69. The number of hydrogen-bond donors (Lipinski definition) is 0. The van der Waals surface area contributed by atoms with Crippen LogP contribution in [0, 0.1) is 0 Å². The zero-order chi connectivity index (χ0) is 18.2. The molecule has 0 saturated heterocycles. The Bertz CT molecular complexity index is 842. The van der Waals surface area contributed by atoms with Crippen LogP contribution in [0.5, 0.6) is 17.2 Å². The highest BCUT2D eigenvalue weighted by atomic mass is 16.6. The van der Waals surface area contributed by atoms with E-state index >= 15 is 0 Å². The number of carbonyl (C=O) groups excluding carboxylic acids is 1. The summed E-state index contributed by atoms with van der Waals surface area (Å²) in [5.41, 5.74) is 2.17. The van der Waals surface area contributed by atoms with Gasteiger partial charge in [0.15, 0.2) is 18.1 Å². The molecular formula is C22H20O4. The van der Waals surface area contributed by atoms with Crippen molar-refractivity contribution in [3.8, 4) is 28.4 Å². The van der Waals surface area contributed by atoms with E-state index in [0.29, 0.717) is 23.9 Å². The van der Waals surface area contributed by atoms with Crippen molar-refractivity contribution in [1.82, 2.24) is 0 Å². The summed E-state index contributed by atoms with van der Waals surface area (Å²) in [6.07, 6.45) is 0. The summed E-state index contributed by atoms with van der Waals surface area (Å²) in [4.78, 5) is 12.0. The fraction of sp³-hybridized carbons (Fsp3) is 0.136. The molecule has 0 N–H and O–H groups in total. The number of esters is 1. The normalized spacial score (nSPS) is 10.2. The maximum absolute atomic E-state index is 12.0. The molecule has 3 rings (SSSR count). The van der Waals surface area contributed by atoms with Gasteiger partial charge in [-0.3, -0.25) is 0 Å². The number of rotatable bonds is 7. The first-order valence-electron chi connectivity index (χ1n) is 8.47. The molecule has 4 heteroatoms. The zero-order valence-corrected chi connectivity index (χ0v) is 14.6. The third kappa shape index (κ3) is 4.63. The third-order valence-corrected chi connectivity index (χ3v) is 3.69. The second kappa shape index (κ2) is 8.72. The summed E-state index contributed by atoms with van der Waals surface area (Å²) in [5.74, 6) is 1.14. The molecule has 0 aliphatic heterocycles. The van der Waals surface area contributed by atoms with Crippen LogP contribution >= 0.6 is 0 Å². The number of ether oxygens (including phenoxy) is 3. The zero-order valence-electron chi connectivity index (χ0n) is 14.6. The van der Waals surface area contributed by atoms with E-state index in [0.717, 1.165) is 11.1 Å². The van der Waals surface area contributed by atoms with Crippen molar-refractivity contribution in [2.45, 2.75) is 6.92 Å². The predicted molar refractivity (Wildman–Crippen MR) is 101 cm³/mol. The molecule has 0 aromatic heterocycles. The molecule has 3 aromatic carbocycles. The van der Waals surface area contributed by atoms with E-state index in [9.17, 15) is 4.79 Å². The van der Waals surface area contributed by atoms with Gasteiger partial charge in [-0.15, -0.1) is 0 Å². The van der Waals surface area contributed by atoms with Crippen LogP contribution < -0.4 is 14.2 Å². The van der Waals surface area contributed by atoms with E-state index in [1.165, 1.54) is 0 Å². The molecule has 0 fully saturated rings. The number of carbonyl (C=O) groups is 1. The molecule has 0 amide bonds.